The maximum atomic E-state index is 11.6. The summed E-state index contributed by atoms with van der Waals surface area (Å²) in [7, 11) is 0. The van der Waals surface area contributed by atoms with E-state index in [1.807, 2.05) is 4.90 Å². The van der Waals surface area contributed by atoms with Gasteiger partial charge in [-0.3, -0.25) is 4.79 Å². The third kappa shape index (κ3) is 2.46. The highest BCUT2D eigenvalue weighted by atomic mass is 16.2. The van der Waals surface area contributed by atoms with Crippen LogP contribution in [0.15, 0.2) is 0 Å². The van der Waals surface area contributed by atoms with Crippen molar-refractivity contribution < 1.29 is 4.79 Å². The summed E-state index contributed by atoms with van der Waals surface area (Å²) >= 11 is 0. The van der Waals surface area contributed by atoms with Crippen molar-refractivity contribution >= 4 is 5.91 Å². The molecule has 3 nitrogen and oxygen atoms in total. The Bertz CT molecular complexity index is 232. The number of likely N-dealkylation sites (tertiary alicyclic amines) is 1. The normalized spacial score (nSPS) is 24.1. The number of hydrogen-bond donors (Lipinski definition) is 1. The van der Waals surface area contributed by atoms with E-state index < -0.39 is 6.04 Å². The molecule has 0 bridgehead atoms. The smallest absolute Gasteiger partial charge is 0.240 e. The van der Waals surface area contributed by atoms with Crippen LogP contribution in [0.1, 0.15) is 19.8 Å². The van der Waals surface area contributed by atoms with Crippen molar-refractivity contribution in [1.82, 2.24) is 4.90 Å². The first-order chi connectivity index (χ1) is 6.15. The number of hydrogen-bond acceptors (Lipinski definition) is 2. The largest absolute Gasteiger partial charge is 0.341 e. The Morgan fingerprint density at radius 3 is 3.00 bits per heavy atom. The molecular weight excluding hydrogens is 164 g/mol. The van der Waals surface area contributed by atoms with E-state index >= 15 is 0 Å². The van der Waals surface area contributed by atoms with Crippen LogP contribution >= 0.6 is 0 Å². The van der Waals surface area contributed by atoms with Crippen molar-refractivity contribution in [3.8, 4) is 12.3 Å². The number of amides is 1. The topological polar surface area (TPSA) is 46.3 Å². The highest BCUT2D eigenvalue weighted by Gasteiger charge is 2.26. The van der Waals surface area contributed by atoms with Crippen molar-refractivity contribution in [2.75, 3.05) is 13.1 Å². The lowest BCUT2D eigenvalue weighted by molar-refractivity contribution is -0.131. The van der Waals surface area contributed by atoms with Crippen molar-refractivity contribution in [2.24, 2.45) is 11.7 Å². The molecule has 1 amide bonds. The van der Waals surface area contributed by atoms with Crippen LogP contribution in [0.3, 0.4) is 0 Å². The van der Waals surface area contributed by atoms with E-state index in [0.29, 0.717) is 12.3 Å². The van der Waals surface area contributed by atoms with Crippen LogP contribution < -0.4 is 5.73 Å². The quantitative estimate of drug-likeness (QED) is 0.617. The summed E-state index contributed by atoms with van der Waals surface area (Å²) < 4.78 is 0. The summed E-state index contributed by atoms with van der Waals surface area (Å²) in [6.45, 7) is 3.80. The zero-order valence-corrected chi connectivity index (χ0v) is 7.99. The van der Waals surface area contributed by atoms with Crippen LogP contribution in [-0.2, 0) is 4.79 Å². The van der Waals surface area contributed by atoms with Gasteiger partial charge < -0.3 is 10.6 Å². The number of carbonyl (C=O) groups excluding carboxylic acids is 1. The summed E-state index contributed by atoms with van der Waals surface area (Å²) in [6.07, 6.45) is 6.51. The summed E-state index contributed by atoms with van der Waals surface area (Å²) in [5.41, 5.74) is 5.62. The Labute approximate surface area is 79.3 Å². The molecule has 0 aliphatic carbocycles. The molecule has 3 heteroatoms. The van der Waals surface area contributed by atoms with Crippen LogP contribution in [0.5, 0.6) is 0 Å². The van der Waals surface area contributed by atoms with Gasteiger partial charge in [0.2, 0.25) is 5.91 Å². The molecule has 2 atom stereocenters. The molecule has 1 aliphatic rings. The SMILES string of the molecule is C#CCC(N)C(=O)N1CCC(C)C1. The van der Waals surface area contributed by atoms with E-state index in [-0.39, 0.29) is 5.91 Å². The molecule has 0 aromatic rings. The molecule has 0 aromatic heterocycles. The van der Waals surface area contributed by atoms with Gasteiger partial charge in [-0.1, -0.05) is 6.92 Å². The predicted octanol–water partition coefficient (Wildman–Crippen LogP) is 0.205. The maximum absolute atomic E-state index is 11.6. The number of rotatable bonds is 2. The van der Waals surface area contributed by atoms with E-state index in [2.05, 4.69) is 12.8 Å². The van der Waals surface area contributed by atoms with Crippen molar-refractivity contribution in [3.05, 3.63) is 0 Å². The van der Waals surface area contributed by atoms with Gasteiger partial charge in [-0.15, -0.1) is 12.3 Å². The maximum Gasteiger partial charge on any atom is 0.240 e. The Morgan fingerprint density at radius 2 is 2.54 bits per heavy atom. The minimum Gasteiger partial charge on any atom is -0.341 e. The lowest BCUT2D eigenvalue weighted by atomic mass is 10.2. The van der Waals surface area contributed by atoms with Crippen LogP contribution in [0.25, 0.3) is 0 Å². The molecule has 0 aromatic carbocycles. The molecule has 1 fully saturated rings. The summed E-state index contributed by atoms with van der Waals surface area (Å²) in [4.78, 5) is 13.4. The number of nitrogens with zero attached hydrogens (tertiary/aromatic N) is 1. The van der Waals surface area contributed by atoms with Crippen LogP contribution in [0.2, 0.25) is 0 Å². The standard InChI is InChI=1S/C10H16N2O/c1-3-4-9(11)10(13)12-6-5-8(2)7-12/h1,8-9H,4-7,11H2,2H3. The fourth-order valence-electron chi connectivity index (χ4n) is 1.58. The lowest BCUT2D eigenvalue weighted by Crippen LogP contribution is -2.42. The van der Waals surface area contributed by atoms with Gasteiger partial charge in [0.15, 0.2) is 0 Å². The molecule has 1 aliphatic heterocycles. The zero-order chi connectivity index (χ0) is 9.84. The van der Waals surface area contributed by atoms with Gasteiger partial charge in [-0.2, -0.15) is 0 Å². The molecule has 2 N–H and O–H groups in total. The van der Waals surface area contributed by atoms with Gasteiger partial charge in [0.05, 0.1) is 6.04 Å². The van der Waals surface area contributed by atoms with E-state index in [9.17, 15) is 4.79 Å². The predicted molar refractivity (Wildman–Crippen MR) is 51.8 cm³/mol. The first-order valence-electron chi connectivity index (χ1n) is 4.63. The zero-order valence-electron chi connectivity index (χ0n) is 7.99. The molecule has 1 saturated heterocycles. The number of terminal acetylenes is 1. The highest BCUT2D eigenvalue weighted by molar-refractivity contribution is 5.82. The molecule has 2 unspecified atom stereocenters. The highest BCUT2D eigenvalue weighted by Crippen LogP contribution is 2.15. The second-order valence-electron chi connectivity index (χ2n) is 3.69. The van der Waals surface area contributed by atoms with Crippen molar-refractivity contribution in [1.29, 1.82) is 0 Å². The van der Waals surface area contributed by atoms with Gasteiger partial charge in [0.1, 0.15) is 0 Å². The first kappa shape index (κ1) is 10.1. The Hall–Kier alpha value is -1.01. The molecule has 0 radical (unpaired) electrons. The fourth-order valence-corrected chi connectivity index (χ4v) is 1.58. The number of nitrogens with two attached hydrogens (primary N) is 1. The Balaban J connectivity index is 2.44. The monoisotopic (exact) mass is 180 g/mol. The minimum atomic E-state index is -0.504. The van der Waals surface area contributed by atoms with Gasteiger partial charge >= 0.3 is 0 Å². The van der Waals surface area contributed by atoms with Gasteiger partial charge in [0, 0.05) is 19.5 Å². The molecule has 0 saturated carbocycles. The third-order valence-corrected chi connectivity index (χ3v) is 2.39. The first-order valence-corrected chi connectivity index (χ1v) is 4.63. The molecule has 1 heterocycles. The molecule has 13 heavy (non-hydrogen) atoms. The van der Waals surface area contributed by atoms with Crippen LogP contribution in [0.4, 0.5) is 0 Å². The molecule has 72 valence electrons. The Kier molecular flexibility index (Phi) is 3.32. The molecule has 1 rings (SSSR count). The Morgan fingerprint density at radius 1 is 1.85 bits per heavy atom. The molecule has 0 spiro atoms. The van der Waals surface area contributed by atoms with E-state index in [1.165, 1.54) is 0 Å². The average molecular weight is 180 g/mol. The second kappa shape index (κ2) is 4.29. The van der Waals surface area contributed by atoms with Gasteiger partial charge in [-0.05, 0) is 12.3 Å². The average Bonchev–Trinajstić information content (AvgIpc) is 2.51. The fraction of sp³-hybridized carbons (Fsp3) is 0.700. The van der Waals surface area contributed by atoms with Crippen LogP contribution in [-0.4, -0.2) is 29.9 Å². The lowest BCUT2D eigenvalue weighted by Gasteiger charge is -2.19. The van der Waals surface area contributed by atoms with Gasteiger partial charge in [0.25, 0.3) is 0 Å². The van der Waals surface area contributed by atoms with Crippen LogP contribution in [0, 0.1) is 18.3 Å². The van der Waals surface area contributed by atoms with Gasteiger partial charge in [-0.25, -0.2) is 0 Å². The van der Waals surface area contributed by atoms with E-state index in [4.69, 9.17) is 12.2 Å². The molecular formula is C10H16N2O. The summed E-state index contributed by atoms with van der Waals surface area (Å²) in [6, 6.07) is -0.504. The number of carbonyl (C=O) groups is 1. The van der Waals surface area contributed by atoms with Crippen molar-refractivity contribution in [2.45, 2.75) is 25.8 Å². The van der Waals surface area contributed by atoms with Crippen molar-refractivity contribution in [3.63, 3.8) is 0 Å². The third-order valence-electron chi connectivity index (χ3n) is 2.39. The minimum absolute atomic E-state index is 0.00213. The van der Waals surface area contributed by atoms with E-state index in [0.717, 1.165) is 19.5 Å². The van der Waals surface area contributed by atoms with E-state index in [1.54, 1.807) is 0 Å². The summed E-state index contributed by atoms with van der Waals surface area (Å²) in [5, 5.41) is 0. The second-order valence-corrected chi connectivity index (χ2v) is 3.69. The summed E-state index contributed by atoms with van der Waals surface area (Å²) in [5.74, 6) is 3.01.